The summed E-state index contributed by atoms with van der Waals surface area (Å²) in [5.74, 6) is -0.293. The standard InChI is InChI=1S/C7H15NO4S/c1-7(9)12-6-4-3-5-8(2)13(10)11/h3-6H2,1-2H3,(H,10,11). The number of ether oxygens (including phenoxy) is 1. The number of rotatable bonds is 6. The summed E-state index contributed by atoms with van der Waals surface area (Å²) in [7, 11) is 1.56. The SMILES string of the molecule is CC(=O)OCCCCN(C)S(=O)O. The highest BCUT2D eigenvalue weighted by Gasteiger charge is 2.02. The highest BCUT2D eigenvalue weighted by Crippen LogP contribution is 1.95. The van der Waals surface area contributed by atoms with E-state index in [4.69, 9.17) is 4.55 Å². The first-order valence-electron chi connectivity index (χ1n) is 3.99. The van der Waals surface area contributed by atoms with E-state index in [0.29, 0.717) is 19.6 Å². The molecule has 0 spiro atoms. The second-order valence-electron chi connectivity index (χ2n) is 2.63. The molecule has 0 heterocycles. The molecule has 0 radical (unpaired) electrons. The molecule has 0 aromatic carbocycles. The molecule has 0 aromatic heterocycles. The Morgan fingerprint density at radius 3 is 2.62 bits per heavy atom. The lowest BCUT2D eigenvalue weighted by Gasteiger charge is -2.10. The second kappa shape index (κ2) is 6.99. The third kappa shape index (κ3) is 7.89. The summed E-state index contributed by atoms with van der Waals surface area (Å²) in [5, 5.41) is 0. The van der Waals surface area contributed by atoms with Crippen LogP contribution >= 0.6 is 0 Å². The van der Waals surface area contributed by atoms with E-state index in [9.17, 15) is 9.00 Å². The Morgan fingerprint density at radius 1 is 1.54 bits per heavy atom. The van der Waals surface area contributed by atoms with E-state index in [0.717, 1.165) is 6.42 Å². The fourth-order valence-corrected chi connectivity index (χ4v) is 1.02. The van der Waals surface area contributed by atoms with Gasteiger partial charge in [0.05, 0.1) is 6.61 Å². The van der Waals surface area contributed by atoms with Gasteiger partial charge in [-0.25, -0.2) is 8.51 Å². The van der Waals surface area contributed by atoms with E-state index >= 15 is 0 Å². The van der Waals surface area contributed by atoms with Crippen molar-refractivity contribution in [2.24, 2.45) is 0 Å². The minimum Gasteiger partial charge on any atom is -0.466 e. The molecule has 1 atom stereocenters. The van der Waals surface area contributed by atoms with Gasteiger partial charge in [0.15, 0.2) is 0 Å². The Hall–Kier alpha value is -0.460. The number of unbranched alkanes of at least 4 members (excludes halogenated alkanes) is 1. The van der Waals surface area contributed by atoms with Crippen LogP contribution in [-0.4, -0.2) is 39.2 Å². The molecule has 1 unspecified atom stereocenters. The molecule has 0 amide bonds. The van der Waals surface area contributed by atoms with Gasteiger partial charge < -0.3 is 4.74 Å². The quantitative estimate of drug-likeness (QED) is 0.390. The zero-order valence-electron chi connectivity index (χ0n) is 7.86. The third-order valence-corrected chi connectivity index (χ3v) is 2.16. The van der Waals surface area contributed by atoms with E-state index in [1.807, 2.05) is 0 Å². The van der Waals surface area contributed by atoms with Crippen LogP contribution < -0.4 is 0 Å². The fourth-order valence-electron chi connectivity index (χ4n) is 0.731. The maximum Gasteiger partial charge on any atom is 0.302 e. The molecule has 0 aromatic rings. The van der Waals surface area contributed by atoms with Gasteiger partial charge in [-0.3, -0.25) is 9.35 Å². The number of carbonyl (C=O) groups excluding carboxylic acids is 1. The first-order chi connectivity index (χ1) is 6.04. The molecule has 0 aliphatic carbocycles. The monoisotopic (exact) mass is 209 g/mol. The van der Waals surface area contributed by atoms with Crippen LogP contribution in [0.3, 0.4) is 0 Å². The van der Waals surface area contributed by atoms with Crippen LogP contribution in [0.2, 0.25) is 0 Å². The molecule has 0 aliphatic heterocycles. The summed E-state index contributed by atoms with van der Waals surface area (Å²) in [4.78, 5) is 10.3. The number of carbonyl (C=O) groups is 1. The fraction of sp³-hybridized carbons (Fsp3) is 0.857. The van der Waals surface area contributed by atoms with Crippen molar-refractivity contribution in [3.05, 3.63) is 0 Å². The van der Waals surface area contributed by atoms with E-state index in [2.05, 4.69) is 4.74 Å². The van der Waals surface area contributed by atoms with Gasteiger partial charge in [-0.2, -0.15) is 0 Å². The van der Waals surface area contributed by atoms with Crippen molar-refractivity contribution in [2.75, 3.05) is 20.2 Å². The summed E-state index contributed by atoms with van der Waals surface area (Å²) in [6.07, 6.45) is 1.44. The molecular formula is C7H15NO4S. The van der Waals surface area contributed by atoms with Crippen molar-refractivity contribution in [3.8, 4) is 0 Å². The number of esters is 1. The van der Waals surface area contributed by atoms with Gasteiger partial charge >= 0.3 is 5.97 Å². The molecule has 0 saturated carbocycles. The van der Waals surface area contributed by atoms with Crippen molar-refractivity contribution < 1.29 is 18.3 Å². The Labute approximate surface area is 80.5 Å². The minimum atomic E-state index is -1.90. The smallest absolute Gasteiger partial charge is 0.302 e. The number of hydrogen-bond acceptors (Lipinski definition) is 3. The van der Waals surface area contributed by atoms with Crippen LogP contribution in [0, 0.1) is 0 Å². The molecule has 0 fully saturated rings. The molecule has 0 bridgehead atoms. The molecule has 13 heavy (non-hydrogen) atoms. The van der Waals surface area contributed by atoms with E-state index in [1.165, 1.54) is 11.2 Å². The Morgan fingerprint density at radius 2 is 2.15 bits per heavy atom. The highest BCUT2D eigenvalue weighted by molar-refractivity contribution is 7.76. The molecule has 5 nitrogen and oxygen atoms in total. The lowest BCUT2D eigenvalue weighted by atomic mass is 10.3. The van der Waals surface area contributed by atoms with Crippen molar-refractivity contribution in [2.45, 2.75) is 19.8 Å². The summed E-state index contributed by atoms with van der Waals surface area (Å²) in [5.41, 5.74) is 0. The van der Waals surface area contributed by atoms with E-state index in [-0.39, 0.29) is 5.97 Å². The van der Waals surface area contributed by atoms with Gasteiger partial charge in [0.25, 0.3) is 0 Å². The molecule has 1 N–H and O–H groups in total. The summed E-state index contributed by atoms with van der Waals surface area (Å²) in [6.45, 7) is 2.25. The second-order valence-corrected chi connectivity index (χ2v) is 3.71. The Kier molecular flexibility index (Phi) is 6.75. The van der Waals surface area contributed by atoms with E-state index < -0.39 is 11.3 Å². The van der Waals surface area contributed by atoms with Gasteiger partial charge in [0, 0.05) is 20.5 Å². The largest absolute Gasteiger partial charge is 0.466 e. The van der Waals surface area contributed by atoms with Gasteiger partial charge in [0.1, 0.15) is 0 Å². The predicted molar refractivity (Wildman–Crippen MR) is 49.3 cm³/mol. The van der Waals surface area contributed by atoms with Crippen molar-refractivity contribution >= 4 is 17.2 Å². The van der Waals surface area contributed by atoms with E-state index in [1.54, 1.807) is 7.05 Å². The maximum absolute atomic E-state index is 10.4. The van der Waals surface area contributed by atoms with Gasteiger partial charge in [-0.05, 0) is 12.8 Å². The zero-order valence-corrected chi connectivity index (χ0v) is 8.67. The van der Waals surface area contributed by atoms with Crippen molar-refractivity contribution in [1.82, 2.24) is 4.31 Å². The summed E-state index contributed by atoms with van der Waals surface area (Å²) in [6, 6.07) is 0. The normalized spacial score (nSPS) is 12.9. The molecule has 0 rings (SSSR count). The molecule has 6 heteroatoms. The third-order valence-electron chi connectivity index (χ3n) is 1.44. The molecule has 0 aliphatic rings. The van der Waals surface area contributed by atoms with Crippen LogP contribution in [0.25, 0.3) is 0 Å². The first kappa shape index (κ1) is 12.5. The average molecular weight is 209 g/mol. The number of hydrogen-bond donors (Lipinski definition) is 1. The lowest BCUT2D eigenvalue weighted by Crippen LogP contribution is -2.21. The van der Waals surface area contributed by atoms with Crippen molar-refractivity contribution in [3.63, 3.8) is 0 Å². The molecular weight excluding hydrogens is 194 g/mol. The molecule has 0 saturated heterocycles. The van der Waals surface area contributed by atoms with Crippen LogP contribution in [-0.2, 0) is 20.8 Å². The lowest BCUT2D eigenvalue weighted by molar-refractivity contribution is -0.141. The van der Waals surface area contributed by atoms with Gasteiger partial charge in [-0.1, -0.05) is 0 Å². The maximum atomic E-state index is 10.4. The van der Waals surface area contributed by atoms with Crippen LogP contribution in [0.4, 0.5) is 0 Å². The number of nitrogens with zero attached hydrogens (tertiary/aromatic N) is 1. The van der Waals surface area contributed by atoms with Gasteiger partial charge in [0.2, 0.25) is 11.3 Å². The van der Waals surface area contributed by atoms with Crippen LogP contribution in [0.5, 0.6) is 0 Å². The predicted octanol–water partition coefficient (Wildman–Crippen LogP) is 0.398. The Bertz CT molecular complexity index is 185. The Balaban J connectivity index is 3.26. The highest BCUT2D eigenvalue weighted by atomic mass is 32.2. The van der Waals surface area contributed by atoms with Gasteiger partial charge in [-0.15, -0.1) is 0 Å². The molecule has 78 valence electrons. The summed E-state index contributed by atoms with van der Waals surface area (Å²) < 4.78 is 25.0. The van der Waals surface area contributed by atoms with Crippen molar-refractivity contribution in [1.29, 1.82) is 0 Å². The average Bonchev–Trinajstić information content (AvgIpc) is 2.02. The van der Waals surface area contributed by atoms with Crippen LogP contribution in [0.1, 0.15) is 19.8 Å². The summed E-state index contributed by atoms with van der Waals surface area (Å²) >= 11 is -1.90. The topological polar surface area (TPSA) is 66.8 Å². The first-order valence-corrected chi connectivity index (χ1v) is 5.06. The van der Waals surface area contributed by atoms with Crippen LogP contribution in [0.15, 0.2) is 0 Å². The zero-order chi connectivity index (χ0) is 10.3. The minimum absolute atomic E-state index is 0.293.